The van der Waals surface area contributed by atoms with Crippen LogP contribution in [0.3, 0.4) is 0 Å². The number of nitrogens with one attached hydrogen (secondary N) is 2. The highest BCUT2D eigenvalue weighted by molar-refractivity contribution is 7.89. The van der Waals surface area contributed by atoms with Gasteiger partial charge in [-0.1, -0.05) is 50.2 Å². The van der Waals surface area contributed by atoms with Crippen LogP contribution < -0.4 is 10.6 Å². The molecule has 12 nitrogen and oxygen atoms in total. The molecule has 3 fully saturated rings. The van der Waals surface area contributed by atoms with Crippen molar-refractivity contribution >= 4 is 21.8 Å². The molecule has 3 heterocycles. The lowest BCUT2D eigenvalue weighted by Gasteiger charge is -2.36. The largest absolute Gasteiger partial charge is 0.443 e. The van der Waals surface area contributed by atoms with Crippen LogP contribution in [0.4, 0.5) is 10.5 Å². The van der Waals surface area contributed by atoms with Crippen LogP contribution in [0, 0.1) is 11.3 Å². The second kappa shape index (κ2) is 15.2. The van der Waals surface area contributed by atoms with E-state index >= 15 is 0 Å². The molecule has 5 atom stereocenters. The van der Waals surface area contributed by atoms with Gasteiger partial charge in [-0.3, -0.25) is 0 Å². The number of hydrogen-bond donors (Lipinski definition) is 3. The van der Waals surface area contributed by atoms with Crippen LogP contribution >= 0.6 is 0 Å². The van der Waals surface area contributed by atoms with E-state index in [1.54, 1.807) is 31.3 Å². The van der Waals surface area contributed by atoms with Crippen molar-refractivity contribution in [2.75, 3.05) is 51.9 Å². The van der Waals surface area contributed by atoms with Gasteiger partial charge in [-0.2, -0.15) is 4.31 Å². The van der Waals surface area contributed by atoms with Crippen molar-refractivity contribution in [3.8, 4) is 0 Å². The van der Waals surface area contributed by atoms with Crippen LogP contribution in [0.25, 0.3) is 0 Å². The average molecular weight is 676 g/mol. The summed E-state index contributed by atoms with van der Waals surface area (Å²) in [5.74, 6) is -0.765. The number of amides is 1. The van der Waals surface area contributed by atoms with Gasteiger partial charge in [0.1, 0.15) is 6.10 Å². The Morgan fingerprint density at radius 2 is 1.85 bits per heavy atom. The third kappa shape index (κ3) is 9.23. The maximum Gasteiger partial charge on any atom is 0.407 e. The number of ether oxygens (including phenoxy) is 5. The molecule has 2 aromatic rings. The number of alkyl carbamates (subject to hydrolysis) is 1. The quantitative estimate of drug-likeness (QED) is 0.255. The molecule has 3 saturated heterocycles. The Morgan fingerprint density at radius 1 is 1.11 bits per heavy atom. The highest BCUT2D eigenvalue weighted by Gasteiger charge is 2.44. The number of carbonyl (C=O) groups is 1. The topological polar surface area (TPSA) is 145 Å². The summed E-state index contributed by atoms with van der Waals surface area (Å²) in [6, 6.07) is 15.1. The first-order valence-corrected chi connectivity index (χ1v) is 17.8. The van der Waals surface area contributed by atoms with Crippen LogP contribution in [0.2, 0.25) is 0 Å². The summed E-state index contributed by atoms with van der Waals surface area (Å²) in [5.41, 5.74) is 0.994. The van der Waals surface area contributed by atoms with Crippen molar-refractivity contribution in [2.24, 2.45) is 11.3 Å². The van der Waals surface area contributed by atoms with Gasteiger partial charge in [-0.05, 0) is 55.4 Å². The summed E-state index contributed by atoms with van der Waals surface area (Å²) in [6.45, 7) is 7.54. The maximum absolute atomic E-state index is 14.3. The van der Waals surface area contributed by atoms with E-state index in [4.69, 9.17) is 23.7 Å². The number of rotatable bonds is 15. The van der Waals surface area contributed by atoms with Crippen molar-refractivity contribution < 1.29 is 42.0 Å². The van der Waals surface area contributed by atoms with E-state index in [2.05, 4.69) is 10.6 Å². The summed E-state index contributed by atoms with van der Waals surface area (Å²) in [4.78, 5) is 13.3. The Morgan fingerprint density at radius 3 is 2.57 bits per heavy atom. The molecule has 3 aliphatic heterocycles. The molecule has 13 heteroatoms. The van der Waals surface area contributed by atoms with E-state index in [0.717, 1.165) is 12.0 Å². The monoisotopic (exact) mass is 675 g/mol. The molecule has 0 aliphatic carbocycles. The van der Waals surface area contributed by atoms with Gasteiger partial charge in [0.15, 0.2) is 12.1 Å². The minimum absolute atomic E-state index is 0.0446. The number of fused-ring (bicyclic) bond motifs is 1. The minimum atomic E-state index is -4.08. The summed E-state index contributed by atoms with van der Waals surface area (Å²) in [5, 5.41) is 17.6. The van der Waals surface area contributed by atoms with Gasteiger partial charge in [-0.15, -0.1) is 0 Å². The number of hydrogen-bond acceptors (Lipinski definition) is 10. The maximum atomic E-state index is 14.3. The van der Waals surface area contributed by atoms with Gasteiger partial charge in [0.25, 0.3) is 0 Å². The predicted molar refractivity (Wildman–Crippen MR) is 175 cm³/mol. The van der Waals surface area contributed by atoms with E-state index in [-0.39, 0.29) is 43.2 Å². The highest BCUT2D eigenvalue weighted by Crippen LogP contribution is 2.35. The van der Waals surface area contributed by atoms with Crippen LogP contribution in [-0.4, -0.2) is 101 Å². The molecule has 47 heavy (non-hydrogen) atoms. The molecule has 0 radical (unpaired) electrons. The summed E-state index contributed by atoms with van der Waals surface area (Å²) in [7, 11) is -2.36. The van der Waals surface area contributed by atoms with E-state index in [1.807, 2.05) is 51.1 Å². The smallest absolute Gasteiger partial charge is 0.407 e. The van der Waals surface area contributed by atoms with Gasteiger partial charge < -0.3 is 39.4 Å². The lowest BCUT2D eigenvalue weighted by Crippen LogP contribution is -2.52. The van der Waals surface area contributed by atoms with E-state index < -0.39 is 45.6 Å². The molecular formula is C34H49N3O9S. The van der Waals surface area contributed by atoms with Crippen molar-refractivity contribution in [1.29, 1.82) is 0 Å². The molecule has 260 valence electrons. The molecule has 0 aromatic heterocycles. The zero-order valence-corrected chi connectivity index (χ0v) is 28.5. The predicted octanol–water partition coefficient (Wildman–Crippen LogP) is 3.75. The van der Waals surface area contributed by atoms with Gasteiger partial charge in [0.2, 0.25) is 10.0 Å². The molecule has 3 N–H and O–H groups in total. The van der Waals surface area contributed by atoms with Gasteiger partial charge >= 0.3 is 6.09 Å². The summed E-state index contributed by atoms with van der Waals surface area (Å²) >= 11 is 0. The zero-order chi connectivity index (χ0) is 33.7. The molecular weight excluding hydrogens is 626 g/mol. The second-order valence-electron chi connectivity index (χ2n) is 13.5. The lowest BCUT2D eigenvalue weighted by atomic mass is 9.86. The normalized spacial score (nSPS) is 23.7. The number of nitrogens with zero attached hydrogens (tertiary/aromatic N) is 1. The Kier molecular flexibility index (Phi) is 11.5. The minimum Gasteiger partial charge on any atom is -0.443 e. The van der Waals surface area contributed by atoms with Crippen LogP contribution in [0.1, 0.15) is 45.6 Å². The lowest BCUT2D eigenvalue weighted by molar-refractivity contribution is -0.151. The third-order valence-electron chi connectivity index (χ3n) is 9.22. The van der Waals surface area contributed by atoms with Crippen molar-refractivity contribution in [3.63, 3.8) is 0 Å². The van der Waals surface area contributed by atoms with Crippen molar-refractivity contribution in [3.05, 3.63) is 60.2 Å². The van der Waals surface area contributed by atoms with Crippen LogP contribution in [0.5, 0.6) is 0 Å². The van der Waals surface area contributed by atoms with E-state index in [1.165, 1.54) is 4.31 Å². The Hall–Kier alpha value is -2.78. The third-order valence-corrected chi connectivity index (χ3v) is 11.0. The van der Waals surface area contributed by atoms with Crippen molar-refractivity contribution in [1.82, 2.24) is 9.62 Å². The summed E-state index contributed by atoms with van der Waals surface area (Å²) < 4.78 is 58.4. The molecule has 3 aliphatic rings. The fraction of sp³-hybridized carbons (Fsp3) is 0.618. The first-order chi connectivity index (χ1) is 22.4. The van der Waals surface area contributed by atoms with Crippen LogP contribution in [-0.2, 0) is 40.1 Å². The molecule has 0 saturated carbocycles. The zero-order valence-electron chi connectivity index (χ0n) is 27.7. The van der Waals surface area contributed by atoms with E-state index in [9.17, 15) is 18.3 Å². The Balaban J connectivity index is 1.37. The molecule has 0 bridgehead atoms. The first-order valence-electron chi connectivity index (χ1n) is 16.4. The Bertz CT molecular complexity index is 1440. The van der Waals surface area contributed by atoms with Crippen molar-refractivity contribution in [2.45, 2.75) is 81.7 Å². The number of carbonyl (C=O) groups excluding carboxylic acids is 1. The molecule has 5 rings (SSSR count). The Labute approximate surface area is 278 Å². The fourth-order valence-electron chi connectivity index (χ4n) is 6.39. The van der Waals surface area contributed by atoms with Gasteiger partial charge in [-0.25, -0.2) is 13.2 Å². The molecule has 1 amide bonds. The summed E-state index contributed by atoms with van der Waals surface area (Å²) in [6.07, 6.45) is -0.654. The molecule has 0 unspecified atom stereocenters. The molecule has 0 spiro atoms. The number of aliphatic hydroxyl groups is 1. The highest BCUT2D eigenvalue weighted by atomic mass is 32.2. The fourth-order valence-corrected chi connectivity index (χ4v) is 8.08. The standard InChI is InChI=1S/C34H49N3O9S/c1-33(2,14-15-34(3)44-17-18-45-34)23-37(47(40,41)26-12-8-11-25(20-26)35-4)21-29(38)28(19-24-9-6-5-7-10-24)36-32(39)46-30-22-43-31-27(30)13-16-42-31/h5-12,20,27-31,35,38H,13-19,21-23H2,1-4H3,(H,36,39)/t27-,28-,29+,30-,31+/m0/s1. The van der Waals surface area contributed by atoms with E-state index in [0.29, 0.717) is 38.3 Å². The van der Waals surface area contributed by atoms with Crippen LogP contribution in [0.15, 0.2) is 59.5 Å². The van der Waals surface area contributed by atoms with Gasteiger partial charge in [0, 0.05) is 32.2 Å². The molecule has 2 aromatic carbocycles. The number of anilines is 1. The second-order valence-corrected chi connectivity index (χ2v) is 15.5. The first kappa shape index (κ1) is 35.5. The number of benzene rings is 2. The average Bonchev–Trinajstić information content (AvgIpc) is 3.79. The number of aliphatic hydroxyl groups excluding tert-OH is 1. The SMILES string of the molecule is CNc1cccc(S(=O)(=O)N(C[C@@H](O)[C@H](Cc2ccccc2)NC(=O)O[C@H]2CO[C@H]3OCC[C@H]32)CC(C)(C)CCC2(C)OCCO2)c1. The number of sulfonamides is 1. The van der Waals surface area contributed by atoms with Gasteiger partial charge in [0.05, 0.1) is 49.4 Å².